The van der Waals surface area contributed by atoms with Crippen LogP contribution in [0.4, 0.5) is 0 Å². The highest BCUT2D eigenvalue weighted by atomic mass is 32.2. The van der Waals surface area contributed by atoms with Gasteiger partial charge in [0.2, 0.25) is 10.0 Å². The van der Waals surface area contributed by atoms with Crippen LogP contribution in [0.15, 0.2) is 4.90 Å². The molecule has 1 heterocycles. The number of rotatable bonds is 6. The average Bonchev–Trinajstić information content (AvgIpc) is 2.55. The van der Waals surface area contributed by atoms with Gasteiger partial charge in [-0.05, 0) is 20.8 Å². The van der Waals surface area contributed by atoms with Gasteiger partial charge >= 0.3 is 5.97 Å². The summed E-state index contributed by atoms with van der Waals surface area (Å²) in [4.78, 5) is 10.5. The summed E-state index contributed by atoms with van der Waals surface area (Å²) in [6, 6.07) is 0. The highest BCUT2D eigenvalue weighted by Crippen LogP contribution is 2.17. The molecule has 1 aromatic rings. The van der Waals surface area contributed by atoms with Crippen molar-refractivity contribution in [3.05, 3.63) is 11.4 Å². The highest BCUT2D eigenvalue weighted by Gasteiger charge is 2.29. The van der Waals surface area contributed by atoms with Gasteiger partial charge in [-0.15, -0.1) is 0 Å². The molecule has 8 nitrogen and oxygen atoms in total. The molecule has 0 fully saturated rings. The van der Waals surface area contributed by atoms with Gasteiger partial charge in [0.15, 0.2) is 0 Å². The lowest BCUT2D eigenvalue weighted by Gasteiger charge is -2.21. The van der Waals surface area contributed by atoms with Gasteiger partial charge in [-0.1, -0.05) is 0 Å². The Hall–Kier alpha value is -1.45. The molecule has 0 radical (unpaired) electrons. The van der Waals surface area contributed by atoms with Gasteiger partial charge in [-0.3, -0.25) is 9.89 Å². The zero-order chi connectivity index (χ0) is 14.8. The van der Waals surface area contributed by atoms with E-state index in [1.54, 1.807) is 6.92 Å². The molecule has 1 atom stereocenters. The number of carbonyl (C=O) groups is 1. The predicted octanol–water partition coefficient (Wildman–Crippen LogP) is -0.469. The Labute approximate surface area is 110 Å². The summed E-state index contributed by atoms with van der Waals surface area (Å²) < 4.78 is 26.3. The second kappa shape index (κ2) is 5.27. The molecule has 4 N–H and O–H groups in total. The molecule has 108 valence electrons. The van der Waals surface area contributed by atoms with Gasteiger partial charge < -0.3 is 10.2 Å². The van der Waals surface area contributed by atoms with Gasteiger partial charge in [-0.2, -0.15) is 5.10 Å². The molecular weight excluding hydrogens is 274 g/mol. The van der Waals surface area contributed by atoms with E-state index in [0.717, 1.165) is 0 Å². The van der Waals surface area contributed by atoms with Crippen LogP contribution in [-0.2, 0) is 14.8 Å². The predicted molar refractivity (Wildman–Crippen MR) is 66.1 cm³/mol. The molecular formula is C10H17N3O5S. The van der Waals surface area contributed by atoms with Crippen LogP contribution in [-0.4, -0.2) is 46.9 Å². The third-order valence-corrected chi connectivity index (χ3v) is 4.17. The molecule has 0 spiro atoms. The minimum absolute atomic E-state index is 0.0126. The van der Waals surface area contributed by atoms with Crippen LogP contribution in [0, 0.1) is 13.8 Å². The normalized spacial score (nSPS) is 15.2. The van der Waals surface area contributed by atoms with Crippen LogP contribution in [0.2, 0.25) is 0 Å². The van der Waals surface area contributed by atoms with Gasteiger partial charge in [0.1, 0.15) is 4.90 Å². The van der Waals surface area contributed by atoms with E-state index < -0.39 is 34.6 Å². The number of aromatic amines is 1. The average molecular weight is 291 g/mol. The number of nitrogens with one attached hydrogen (secondary N) is 2. The number of aryl methyl sites for hydroxylation is 2. The Morgan fingerprint density at radius 3 is 2.47 bits per heavy atom. The monoisotopic (exact) mass is 291 g/mol. The minimum atomic E-state index is -3.84. The van der Waals surface area contributed by atoms with E-state index in [1.807, 2.05) is 0 Å². The fourth-order valence-corrected chi connectivity index (χ4v) is 3.18. The van der Waals surface area contributed by atoms with E-state index in [4.69, 9.17) is 5.11 Å². The molecule has 0 bridgehead atoms. The number of sulfonamides is 1. The van der Waals surface area contributed by atoms with Crippen molar-refractivity contribution in [2.75, 3.05) is 6.54 Å². The molecule has 0 aliphatic rings. The summed E-state index contributed by atoms with van der Waals surface area (Å²) in [5.41, 5.74) is -0.976. The van der Waals surface area contributed by atoms with Crippen LogP contribution in [0.5, 0.6) is 0 Å². The Morgan fingerprint density at radius 1 is 1.47 bits per heavy atom. The fraction of sp³-hybridized carbons (Fsp3) is 0.600. The number of hydrogen-bond donors (Lipinski definition) is 4. The Morgan fingerprint density at radius 2 is 2.05 bits per heavy atom. The van der Waals surface area contributed by atoms with E-state index in [-0.39, 0.29) is 4.90 Å². The van der Waals surface area contributed by atoms with Crippen molar-refractivity contribution in [3.63, 3.8) is 0 Å². The molecule has 0 saturated carbocycles. The maximum Gasteiger partial charge on any atom is 0.306 e. The molecule has 0 saturated heterocycles. The first kappa shape index (κ1) is 15.6. The quantitative estimate of drug-likeness (QED) is 0.560. The van der Waals surface area contributed by atoms with Crippen molar-refractivity contribution in [1.82, 2.24) is 14.9 Å². The molecule has 0 aliphatic carbocycles. The van der Waals surface area contributed by atoms with Crippen molar-refractivity contribution in [2.45, 2.75) is 37.7 Å². The molecule has 19 heavy (non-hydrogen) atoms. The second-order valence-corrected chi connectivity index (χ2v) is 6.36. The molecule has 0 aromatic carbocycles. The molecule has 1 unspecified atom stereocenters. The van der Waals surface area contributed by atoms with Crippen molar-refractivity contribution in [1.29, 1.82) is 0 Å². The first-order chi connectivity index (χ1) is 8.55. The largest absolute Gasteiger partial charge is 0.481 e. The maximum atomic E-state index is 12.0. The van der Waals surface area contributed by atoms with Crippen molar-refractivity contribution < 1.29 is 23.4 Å². The fourth-order valence-electron chi connectivity index (χ4n) is 1.65. The lowest BCUT2D eigenvalue weighted by Crippen LogP contribution is -2.42. The van der Waals surface area contributed by atoms with Crippen molar-refractivity contribution in [3.8, 4) is 0 Å². The van der Waals surface area contributed by atoms with Gasteiger partial charge in [0.25, 0.3) is 0 Å². The Kier molecular flexibility index (Phi) is 4.33. The summed E-state index contributed by atoms with van der Waals surface area (Å²) in [6.07, 6.45) is -0.557. The summed E-state index contributed by atoms with van der Waals surface area (Å²) in [5, 5.41) is 24.7. The Bertz CT molecular complexity index is 556. The van der Waals surface area contributed by atoms with Crippen LogP contribution >= 0.6 is 0 Å². The molecule has 0 aliphatic heterocycles. The first-order valence-corrected chi connectivity index (χ1v) is 6.99. The Balaban J connectivity index is 2.85. The van der Waals surface area contributed by atoms with Crippen LogP contribution in [0.25, 0.3) is 0 Å². The van der Waals surface area contributed by atoms with Crippen LogP contribution in [0.3, 0.4) is 0 Å². The third-order valence-electron chi connectivity index (χ3n) is 2.50. The summed E-state index contributed by atoms with van der Waals surface area (Å²) >= 11 is 0. The van der Waals surface area contributed by atoms with E-state index in [2.05, 4.69) is 14.9 Å². The zero-order valence-electron chi connectivity index (χ0n) is 10.9. The number of carboxylic acid groups (broad SMARTS) is 1. The number of H-pyrrole nitrogens is 1. The van der Waals surface area contributed by atoms with Gasteiger partial charge in [0, 0.05) is 6.54 Å². The summed E-state index contributed by atoms with van der Waals surface area (Å²) in [6.45, 7) is 3.95. The number of nitrogens with zero attached hydrogens (tertiary/aromatic N) is 1. The maximum absolute atomic E-state index is 12.0. The van der Waals surface area contributed by atoms with Crippen molar-refractivity contribution in [2.24, 2.45) is 0 Å². The van der Waals surface area contributed by atoms with Crippen LogP contribution in [0.1, 0.15) is 24.7 Å². The second-order valence-electron chi connectivity index (χ2n) is 4.66. The topological polar surface area (TPSA) is 132 Å². The van der Waals surface area contributed by atoms with Gasteiger partial charge in [0.05, 0.1) is 23.4 Å². The first-order valence-electron chi connectivity index (χ1n) is 5.50. The summed E-state index contributed by atoms with van der Waals surface area (Å²) in [5.74, 6) is -1.21. The zero-order valence-corrected chi connectivity index (χ0v) is 11.7. The minimum Gasteiger partial charge on any atom is -0.481 e. The molecule has 9 heteroatoms. The molecule has 0 amide bonds. The van der Waals surface area contributed by atoms with E-state index in [0.29, 0.717) is 11.4 Å². The number of aliphatic hydroxyl groups is 1. The standard InChI is InChI=1S/C10H17N3O5S/c1-6-9(7(2)13-12-6)19(17,18)11-5-10(3,16)4-8(14)15/h11,16H,4-5H2,1-3H3,(H,12,13)(H,14,15). The lowest BCUT2D eigenvalue weighted by molar-refractivity contribution is -0.141. The summed E-state index contributed by atoms with van der Waals surface area (Å²) in [7, 11) is -3.84. The molecule has 1 rings (SSSR count). The van der Waals surface area contributed by atoms with Gasteiger partial charge in [-0.25, -0.2) is 13.1 Å². The van der Waals surface area contributed by atoms with Crippen LogP contribution < -0.4 is 4.72 Å². The third kappa shape index (κ3) is 4.01. The lowest BCUT2D eigenvalue weighted by atomic mass is 10.0. The highest BCUT2D eigenvalue weighted by molar-refractivity contribution is 7.89. The SMILES string of the molecule is Cc1n[nH]c(C)c1S(=O)(=O)NCC(C)(O)CC(=O)O. The van der Waals surface area contributed by atoms with Crippen molar-refractivity contribution >= 4 is 16.0 Å². The number of aliphatic carboxylic acids is 1. The number of aromatic nitrogens is 2. The molecule has 1 aromatic heterocycles. The number of hydrogen-bond acceptors (Lipinski definition) is 5. The van der Waals surface area contributed by atoms with E-state index in [1.165, 1.54) is 13.8 Å². The number of carboxylic acids is 1. The van der Waals surface area contributed by atoms with E-state index >= 15 is 0 Å². The smallest absolute Gasteiger partial charge is 0.306 e. The van der Waals surface area contributed by atoms with E-state index in [9.17, 15) is 18.3 Å².